The zero-order valence-corrected chi connectivity index (χ0v) is 16.0. The fourth-order valence-corrected chi connectivity index (χ4v) is 2.47. The Morgan fingerprint density at radius 3 is 2.27 bits per heavy atom. The number of hydrogen-bond donors (Lipinski definition) is 2. The van der Waals surface area contributed by atoms with Crippen LogP contribution in [0.25, 0.3) is 0 Å². The summed E-state index contributed by atoms with van der Waals surface area (Å²) in [7, 11) is 1.09. The van der Waals surface area contributed by atoms with Crippen molar-refractivity contribution in [2.24, 2.45) is 0 Å². The van der Waals surface area contributed by atoms with E-state index in [1.165, 1.54) is 18.2 Å². The van der Waals surface area contributed by atoms with E-state index in [1.54, 1.807) is 0 Å². The SMILES string of the molecule is COC(=O)C(CNC(=O)C(C)(O)c1cccc(C(F)(F)F)c1)Oc1ccc(F)cc1. The Kier molecular flexibility index (Phi) is 7.04. The van der Waals surface area contributed by atoms with E-state index in [2.05, 4.69) is 10.1 Å². The summed E-state index contributed by atoms with van der Waals surface area (Å²) in [6, 6.07) is 8.41. The number of methoxy groups -OCH3 is 1. The van der Waals surface area contributed by atoms with Gasteiger partial charge in [-0.25, -0.2) is 9.18 Å². The number of alkyl halides is 3. The van der Waals surface area contributed by atoms with Gasteiger partial charge in [-0.3, -0.25) is 4.79 Å². The summed E-state index contributed by atoms with van der Waals surface area (Å²) < 4.78 is 61.6. The van der Waals surface area contributed by atoms with Crippen LogP contribution in [0.5, 0.6) is 5.75 Å². The Labute approximate surface area is 169 Å². The van der Waals surface area contributed by atoms with Gasteiger partial charge in [-0.05, 0) is 48.9 Å². The molecule has 0 fully saturated rings. The summed E-state index contributed by atoms with van der Waals surface area (Å²) in [5.74, 6) is -2.33. The summed E-state index contributed by atoms with van der Waals surface area (Å²) in [6.45, 7) is 0.559. The smallest absolute Gasteiger partial charge is 0.416 e. The van der Waals surface area contributed by atoms with Crippen molar-refractivity contribution in [2.45, 2.75) is 24.8 Å². The zero-order chi connectivity index (χ0) is 22.5. The topological polar surface area (TPSA) is 84.9 Å². The molecular weight excluding hydrogens is 410 g/mol. The molecule has 2 aromatic rings. The van der Waals surface area contributed by atoms with E-state index >= 15 is 0 Å². The van der Waals surface area contributed by atoms with E-state index in [4.69, 9.17) is 4.74 Å². The molecule has 0 aliphatic heterocycles. The number of halogens is 4. The second kappa shape index (κ2) is 9.12. The van der Waals surface area contributed by atoms with Crippen molar-refractivity contribution < 1.29 is 41.7 Å². The number of aliphatic hydroxyl groups is 1. The molecule has 0 heterocycles. The molecule has 0 aliphatic rings. The molecule has 0 radical (unpaired) electrons. The molecule has 2 aromatic carbocycles. The minimum absolute atomic E-state index is 0.116. The Balaban J connectivity index is 2.13. The molecule has 10 heteroatoms. The third-order valence-electron chi connectivity index (χ3n) is 4.20. The van der Waals surface area contributed by atoms with E-state index in [0.29, 0.717) is 6.07 Å². The Hall–Kier alpha value is -3.14. The molecule has 6 nitrogen and oxygen atoms in total. The van der Waals surface area contributed by atoms with Crippen molar-refractivity contribution in [3.63, 3.8) is 0 Å². The van der Waals surface area contributed by atoms with Crippen LogP contribution in [0.15, 0.2) is 48.5 Å². The molecule has 30 heavy (non-hydrogen) atoms. The van der Waals surface area contributed by atoms with Crippen LogP contribution in [-0.4, -0.2) is 36.7 Å². The van der Waals surface area contributed by atoms with Crippen LogP contribution in [0.3, 0.4) is 0 Å². The number of nitrogens with one attached hydrogen (secondary N) is 1. The first-order valence-electron chi connectivity index (χ1n) is 8.63. The van der Waals surface area contributed by atoms with Crippen molar-refractivity contribution >= 4 is 11.9 Å². The molecule has 0 saturated carbocycles. The third kappa shape index (κ3) is 5.69. The minimum Gasteiger partial charge on any atom is -0.477 e. The summed E-state index contributed by atoms with van der Waals surface area (Å²) >= 11 is 0. The van der Waals surface area contributed by atoms with E-state index in [0.717, 1.165) is 38.3 Å². The molecule has 0 spiro atoms. The van der Waals surface area contributed by atoms with Crippen molar-refractivity contribution in [2.75, 3.05) is 13.7 Å². The average Bonchev–Trinajstić information content (AvgIpc) is 2.71. The van der Waals surface area contributed by atoms with Crippen molar-refractivity contribution in [1.82, 2.24) is 5.32 Å². The van der Waals surface area contributed by atoms with Gasteiger partial charge in [0.1, 0.15) is 11.6 Å². The molecular formula is C20H19F4NO5. The molecule has 2 N–H and O–H groups in total. The number of hydrogen-bond acceptors (Lipinski definition) is 5. The van der Waals surface area contributed by atoms with Gasteiger partial charge in [0.15, 0.2) is 5.60 Å². The fourth-order valence-electron chi connectivity index (χ4n) is 2.47. The molecule has 162 valence electrons. The number of carbonyl (C=O) groups is 2. The van der Waals surface area contributed by atoms with Crippen LogP contribution in [0.4, 0.5) is 17.6 Å². The summed E-state index contributed by atoms with van der Waals surface area (Å²) in [5.41, 5.74) is -3.64. The average molecular weight is 429 g/mol. The van der Waals surface area contributed by atoms with Crippen LogP contribution >= 0.6 is 0 Å². The van der Waals surface area contributed by atoms with Gasteiger partial charge in [0, 0.05) is 0 Å². The van der Waals surface area contributed by atoms with Crippen LogP contribution in [-0.2, 0) is 26.1 Å². The maximum absolute atomic E-state index is 13.0. The fraction of sp³-hybridized carbons (Fsp3) is 0.300. The van der Waals surface area contributed by atoms with Gasteiger partial charge in [-0.15, -0.1) is 0 Å². The summed E-state index contributed by atoms with van der Waals surface area (Å²) in [6.07, 6.45) is -6.00. The van der Waals surface area contributed by atoms with E-state index in [9.17, 15) is 32.3 Å². The number of benzene rings is 2. The molecule has 1 amide bonds. The predicted molar refractivity (Wildman–Crippen MR) is 96.9 cm³/mol. The first-order valence-corrected chi connectivity index (χ1v) is 8.63. The number of ether oxygens (including phenoxy) is 2. The van der Waals surface area contributed by atoms with Crippen LogP contribution in [0, 0.1) is 5.82 Å². The molecule has 0 aromatic heterocycles. The van der Waals surface area contributed by atoms with Gasteiger partial charge >= 0.3 is 12.1 Å². The second-order valence-corrected chi connectivity index (χ2v) is 6.44. The Morgan fingerprint density at radius 1 is 1.10 bits per heavy atom. The number of carbonyl (C=O) groups excluding carboxylic acids is 2. The third-order valence-corrected chi connectivity index (χ3v) is 4.20. The van der Waals surface area contributed by atoms with Crippen LogP contribution in [0.2, 0.25) is 0 Å². The summed E-state index contributed by atoms with van der Waals surface area (Å²) in [5, 5.41) is 12.8. The quantitative estimate of drug-likeness (QED) is 0.522. The van der Waals surface area contributed by atoms with Crippen LogP contribution < -0.4 is 10.1 Å². The predicted octanol–water partition coefficient (Wildman–Crippen LogP) is 2.79. The minimum atomic E-state index is -4.65. The highest BCUT2D eigenvalue weighted by Gasteiger charge is 2.37. The maximum Gasteiger partial charge on any atom is 0.416 e. The number of amides is 1. The summed E-state index contributed by atoms with van der Waals surface area (Å²) in [4.78, 5) is 24.3. The van der Waals surface area contributed by atoms with Gasteiger partial charge in [-0.2, -0.15) is 13.2 Å². The highest BCUT2D eigenvalue weighted by atomic mass is 19.4. The van der Waals surface area contributed by atoms with Crippen molar-refractivity contribution in [3.8, 4) is 5.75 Å². The van der Waals surface area contributed by atoms with Gasteiger partial charge in [0.2, 0.25) is 6.10 Å². The zero-order valence-electron chi connectivity index (χ0n) is 16.0. The first kappa shape index (κ1) is 23.1. The van der Waals surface area contributed by atoms with Gasteiger partial charge < -0.3 is 19.9 Å². The number of rotatable bonds is 7. The first-order chi connectivity index (χ1) is 13.9. The molecule has 2 unspecified atom stereocenters. The lowest BCUT2D eigenvalue weighted by molar-refractivity contribution is -0.149. The lowest BCUT2D eigenvalue weighted by atomic mass is 9.93. The Morgan fingerprint density at radius 2 is 1.70 bits per heavy atom. The Bertz CT molecular complexity index is 897. The molecule has 0 bridgehead atoms. The van der Waals surface area contributed by atoms with Crippen molar-refractivity contribution in [3.05, 3.63) is 65.5 Å². The highest BCUT2D eigenvalue weighted by molar-refractivity contribution is 5.86. The highest BCUT2D eigenvalue weighted by Crippen LogP contribution is 2.32. The number of esters is 1. The largest absolute Gasteiger partial charge is 0.477 e. The van der Waals surface area contributed by atoms with Gasteiger partial charge in [0.05, 0.1) is 19.2 Å². The molecule has 2 atom stereocenters. The molecule has 0 aliphatic carbocycles. The molecule has 0 saturated heterocycles. The van der Waals surface area contributed by atoms with Gasteiger partial charge in [0.25, 0.3) is 5.91 Å². The van der Waals surface area contributed by atoms with Crippen molar-refractivity contribution in [1.29, 1.82) is 0 Å². The van der Waals surface area contributed by atoms with Crippen LogP contribution in [0.1, 0.15) is 18.1 Å². The second-order valence-electron chi connectivity index (χ2n) is 6.44. The normalized spacial score (nSPS) is 14.4. The van der Waals surface area contributed by atoms with Gasteiger partial charge in [-0.1, -0.05) is 12.1 Å². The monoisotopic (exact) mass is 429 g/mol. The van der Waals surface area contributed by atoms with E-state index < -0.39 is 47.7 Å². The van der Waals surface area contributed by atoms with E-state index in [1.807, 2.05) is 0 Å². The maximum atomic E-state index is 13.0. The van der Waals surface area contributed by atoms with E-state index in [-0.39, 0.29) is 11.3 Å². The standard InChI is InChI=1S/C20H19F4NO5/c1-19(28,12-4-3-5-13(10-12)20(22,23)24)18(27)25-11-16(17(26)29-2)30-15-8-6-14(21)7-9-15/h3-10,16,28H,11H2,1-2H3,(H,25,27). The lowest BCUT2D eigenvalue weighted by Crippen LogP contribution is -2.48. The lowest BCUT2D eigenvalue weighted by Gasteiger charge is -2.25. The molecule has 2 rings (SSSR count).